The van der Waals surface area contributed by atoms with E-state index in [9.17, 15) is 4.79 Å². The molecular weight excluding hydrogens is 236 g/mol. The molecule has 0 amide bonds. The molecule has 0 heterocycles. The van der Waals surface area contributed by atoms with Crippen LogP contribution in [0.4, 0.5) is 0 Å². The van der Waals surface area contributed by atoms with E-state index in [0.717, 1.165) is 18.4 Å². The Morgan fingerprint density at radius 3 is 2.32 bits per heavy atom. The molecule has 0 fully saturated rings. The van der Waals surface area contributed by atoms with E-state index in [-0.39, 0.29) is 0 Å². The van der Waals surface area contributed by atoms with Crippen LogP contribution in [-0.2, 0) is 12.8 Å². The molecule has 2 heteroatoms. The zero-order chi connectivity index (χ0) is 13.7. The Labute approximate surface area is 113 Å². The highest BCUT2D eigenvalue weighted by molar-refractivity contribution is 5.89. The van der Waals surface area contributed by atoms with Crippen molar-refractivity contribution in [2.24, 2.45) is 5.92 Å². The van der Waals surface area contributed by atoms with Gasteiger partial charge in [-0.05, 0) is 36.0 Å². The predicted molar refractivity (Wildman–Crippen MR) is 76.4 cm³/mol. The molecule has 0 bridgehead atoms. The minimum Gasteiger partial charge on any atom is -0.478 e. The molecule has 2 aromatic carbocycles. The summed E-state index contributed by atoms with van der Waals surface area (Å²) in [4.78, 5) is 11.2. The Morgan fingerprint density at radius 1 is 1.00 bits per heavy atom. The molecule has 0 spiro atoms. The summed E-state index contributed by atoms with van der Waals surface area (Å²) in [6.07, 6.45) is 1.76. The van der Waals surface area contributed by atoms with Gasteiger partial charge >= 0.3 is 5.97 Å². The largest absolute Gasteiger partial charge is 0.478 e. The number of hydrogen-bond donors (Lipinski definition) is 1. The van der Waals surface area contributed by atoms with Gasteiger partial charge in [0.2, 0.25) is 0 Å². The van der Waals surface area contributed by atoms with Crippen molar-refractivity contribution in [3.8, 4) is 0 Å². The van der Waals surface area contributed by atoms with Crippen molar-refractivity contribution >= 4 is 5.97 Å². The normalized spacial score (nSPS) is 12.1. The molecule has 0 aliphatic heterocycles. The highest BCUT2D eigenvalue weighted by Gasteiger charge is 2.12. The first-order chi connectivity index (χ1) is 9.16. The number of hydrogen-bond acceptors (Lipinski definition) is 1. The molecule has 1 unspecified atom stereocenters. The van der Waals surface area contributed by atoms with Crippen LogP contribution >= 0.6 is 0 Å². The maximum atomic E-state index is 11.2. The van der Waals surface area contributed by atoms with E-state index in [1.54, 1.807) is 12.1 Å². The Bertz CT molecular complexity index is 546. The second kappa shape index (κ2) is 6.19. The molecule has 1 N–H and O–H groups in total. The van der Waals surface area contributed by atoms with E-state index in [0.29, 0.717) is 11.5 Å². The van der Waals surface area contributed by atoms with Crippen molar-refractivity contribution < 1.29 is 9.90 Å². The quantitative estimate of drug-likeness (QED) is 0.881. The van der Waals surface area contributed by atoms with Crippen LogP contribution in [0.2, 0.25) is 0 Å². The van der Waals surface area contributed by atoms with E-state index in [1.807, 2.05) is 30.3 Å². The minimum absolute atomic E-state index is 0.419. The Balaban J connectivity index is 2.07. The molecule has 2 rings (SSSR count). The third-order valence-corrected chi connectivity index (χ3v) is 3.24. The van der Waals surface area contributed by atoms with Gasteiger partial charge in [-0.3, -0.25) is 0 Å². The molecule has 0 aliphatic rings. The van der Waals surface area contributed by atoms with Gasteiger partial charge < -0.3 is 5.11 Å². The van der Waals surface area contributed by atoms with Crippen molar-refractivity contribution in [3.05, 3.63) is 71.3 Å². The van der Waals surface area contributed by atoms with E-state index in [2.05, 4.69) is 19.1 Å². The number of rotatable bonds is 5. The molecule has 0 aromatic heterocycles. The molecule has 98 valence electrons. The van der Waals surface area contributed by atoms with Gasteiger partial charge in [0.25, 0.3) is 0 Å². The summed E-state index contributed by atoms with van der Waals surface area (Å²) in [6.45, 7) is 2.16. The minimum atomic E-state index is -0.845. The fourth-order valence-electron chi connectivity index (χ4n) is 2.37. The lowest BCUT2D eigenvalue weighted by atomic mass is 9.92. The van der Waals surface area contributed by atoms with Crippen LogP contribution in [-0.4, -0.2) is 11.1 Å². The summed E-state index contributed by atoms with van der Waals surface area (Å²) in [5, 5.41) is 9.17. The van der Waals surface area contributed by atoms with Crippen LogP contribution in [0.5, 0.6) is 0 Å². The lowest BCUT2D eigenvalue weighted by Crippen LogP contribution is -2.08. The van der Waals surface area contributed by atoms with Gasteiger partial charge in [0.15, 0.2) is 0 Å². The van der Waals surface area contributed by atoms with E-state index >= 15 is 0 Å². The second-order valence-electron chi connectivity index (χ2n) is 4.96. The van der Waals surface area contributed by atoms with E-state index < -0.39 is 5.97 Å². The number of carboxylic acids is 1. The molecule has 1 atom stereocenters. The van der Waals surface area contributed by atoms with Crippen molar-refractivity contribution in [3.63, 3.8) is 0 Å². The second-order valence-corrected chi connectivity index (χ2v) is 4.96. The Kier molecular flexibility index (Phi) is 4.35. The van der Waals surface area contributed by atoms with Crippen LogP contribution in [0.15, 0.2) is 54.6 Å². The Morgan fingerprint density at radius 2 is 1.63 bits per heavy atom. The maximum absolute atomic E-state index is 11.2. The zero-order valence-corrected chi connectivity index (χ0v) is 11.0. The Hall–Kier alpha value is -2.09. The first kappa shape index (κ1) is 13.3. The summed E-state index contributed by atoms with van der Waals surface area (Å²) in [5.41, 5.74) is 2.63. The predicted octanol–water partition coefficient (Wildman–Crippen LogP) is 3.81. The van der Waals surface area contributed by atoms with Crippen LogP contribution in [0, 0.1) is 5.92 Å². The smallest absolute Gasteiger partial charge is 0.335 e. The summed E-state index contributed by atoms with van der Waals surface area (Å²) >= 11 is 0. The van der Waals surface area contributed by atoms with Gasteiger partial charge in [-0.2, -0.15) is 0 Å². The monoisotopic (exact) mass is 254 g/mol. The number of carbonyl (C=O) groups is 1. The van der Waals surface area contributed by atoms with Crippen molar-refractivity contribution in [2.75, 3.05) is 0 Å². The highest BCUT2D eigenvalue weighted by Crippen LogP contribution is 2.17. The van der Waals surface area contributed by atoms with Gasteiger partial charge in [0, 0.05) is 0 Å². The average molecular weight is 254 g/mol. The number of carboxylic acid groups (broad SMARTS) is 1. The number of aromatic carboxylic acids is 1. The maximum Gasteiger partial charge on any atom is 0.335 e. The summed E-state index contributed by atoms with van der Waals surface area (Å²) in [5.74, 6) is -0.426. The zero-order valence-electron chi connectivity index (χ0n) is 11.0. The molecule has 19 heavy (non-hydrogen) atoms. The molecule has 0 radical (unpaired) electrons. The molecule has 2 aromatic rings. The standard InChI is InChI=1S/C17H18O2/c1-13(11-14-7-3-2-4-8-14)12-15-9-5-6-10-16(15)17(18)19/h2-10,13H,11-12H2,1H3,(H,18,19). The number of benzene rings is 2. The third kappa shape index (κ3) is 3.68. The molecule has 0 saturated heterocycles. The first-order valence-electron chi connectivity index (χ1n) is 6.52. The van der Waals surface area contributed by atoms with E-state index in [4.69, 9.17) is 5.11 Å². The van der Waals surface area contributed by atoms with Gasteiger partial charge in [-0.1, -0.05) is 55.5 Å². The summed E-state index contributed by atoms with van der Waals surface area (Å²) in [6, 6.07) is 17.6. The van der Waals surface area contributed by atoms with E-state index in [1.165, 1.54) is 5.56 Å². The fraction of sp³-hybridized carbons (Fsp3) is 0.235. The van der Waals surface area contributed by atoms with Gasteiger partial charge in [0.1, 0.15) is 0 Å². The summed E-state index contributed by atoms with van der Waals surface area (Å²) in [7, 11) is 0. The van der Waals surface area contributed by atoms with Gasteiger partial charge in [0.05, 0.1) is 5.56 Å². The van der Waals surface area contributed by atoms with Gasteiger partial charge in [-0.15, -0.1) is 0 Å². The lowest BCUT2D eigenvalue weighted by molar-refractivity contribution is 0.0695. The SMILES string of the molecule is CC(Cc1ccccc1)Cc1ccccc1C(=O)O. The van der Waals surface area contributed by atoms with Crippen LogP contribution in [0.3, 0.4) is 0 Å². The highest BCUT2D eigenvalue weighted by atomic mass is 16.4. The van der Waals surface area contributed by atoms with Crippen LogP contribution in [0.25, 0.3) is 0 Å². The fourth-order valence-corrected chi connectivity index (χ4v) is 2.37. The molecule has 0 saturated carbocycles. The van der Waals surface area contributed by atoms with Crippen molar-refractivity contribution in [2.45, 2.75) is 19.8 Å². The third-order valence-electron chi connectivity index (χ3n) is 3.24. The topological polar surface area (TPSA) is 37.3 Å². The van der Waals surface area contributed by atoms with Crippen molar-refractivity contribution in [1.82, 2.24) is 0 Å². The molecular formula is C17H18O2. The van der Waals surface area contributed by atoms with Crippen LogP contribution in [0.1, 0.15) is 28.4 Å². The van der Waals surface area contributed by atoms with Gasteiger partial charge in [-0.25, -0.2) is 4.79 Å². The lowest BCUT2D eigenvalue weighted by Gasteiger charge is -2.13. The summed E-state index contributed by atoms with van der Waals surface area (Å²) < 4.78 is 0. The first-order valence-corrected chi connectivity index (χ1v) is 6.52. The molecule has 0 aliphatic carbocycles. The average Bonchev–Trinajstić information content (AvgIpc) is 2.40. The van der Waals surface area contributed by atoms with Crippen molar-refractivity contribution in [1.29, 1.82) is 0 Å². The van der Waals surface area contributed by atoms with Crippen LogP contribution < -0.4 is 0 Å². The molecule has 2 nitrogen and oxygen atoms in total.